The number of hydrogen-bond donors (Lipinski definition) is 1. The van der Waals surface area contributed by atoms with Crippen molar-refractivity contribution in [2.24, 2.45) is 0 Å². The largest absolute Gasteiger partial charge is 0.378 e. The Balaban J connectivity index is 2.10. The van der Waals surface area contributed by atoms with E-state index in [0.717, 1.165) is 18.1 Å². The Kier molecular flexibility index (Phi) is 4.32. The van der Waals surface area contributed by atoms with Gasteiger partial charge in [-0.3, -0.25) is 0 Å². The highest BCUT2D eigenvalue weighted by molar-refractivity contribution is 7.11. The second kappa shape index (κ2) is 5.75. The van der Waals surface area contributed by atoms with Crippen molar-refractivity contribution in [3.63, 3.8) is 0 Å². The summed E-state index contributed by atoms with van der Waals surface area (Å²) in [6.45, 7) is 4.92. The van der Waals surface area contributed by atoms with E-state index in [0.29, 0.717) is 12.5 Å². The number of thiazole rings is 1. The zero-order valence-corrected chi connectivity index (χ0v) is 10.9. The van der Waals surface area contributed by atoms with Crippen molar-refractivity contribution in [1.29, 1.82) is 0 Å². The van der Waals surface area contributed by atoms with Gasteiger partial charge in [0.2, 0.25) is 0 Å². The molecule has 1 heterocycles. The van der Waals surface area contributed by atoms with E-state index in [-0.39, 0.29) is 0 Å². The average molecular weight is 240 g/mol. The number of likely N-dealkylation sites (N-methyl/N-ethyl adjacent to an activating group) is 1. The summed E-state index contributed by atoms with van der Waals surface area (Å²) in [6.07, 6.45) is 3.78. The molecule has 16 heavy (non-hydrogen) atoms. The molecule has 0 amide bonds. The lowest BCUT2D eigenvalue weighted by molar-refractivity contribution is 0.184. The molecule has 1 aliphatic carbocycles. The van der Waals surface area contributed by atoms with Crippen molar-refractivity contribution in [2.75, 3.05) is 20.2 Å². The Morgan fingerprint density at radius 3 is 3.19 bits per heavy atom. The number of rotatable bonds is 5. The van der Waals surface area contributed by atoms with Crippen LogP contribution in [0, 0.1) is 0 Å². The van der Waals surface area contributed by atoms with Crippen molar-refractivity contribution in [3.8, 4) is 0 Å². The van der Waals surface area contributed by atoms with Crippen LogP contribution in [-0.2, 0) is 17.8 Å². The number of nitrogens with zero attached hydrogens (tertiary/aromatic N) is 1. The summed E-state index contributed by atoms with van der Waals surface area (Å²) in [4.78, 5) is 6.22. The molecule has 0 saturated heterocycles. The predicted octanol–water partition coefficient (Wildman–Crippen LogP) is 2.32. The molecule has 0 saturated carbocycles. The van der Waals surface area contributed by atoms with Gasteiger partial charge in [0.25, 0.3) is 0 Å². The average Bonchev–Trinajstić information content (AvgIpc) is 2.69. The van der Waals surface area contributed by atoms with Crippen molar-refractivity contribution >= 4 is 11.3 Å². The molecule has 0 aliphatic heterocycles. The molecular weight excluding hydrogens is 220 g/mol. The first kappa shape index (κ1) is 12.0. The van der Waals surface area contributed by atoms with Crippen LogP contribution in [0.25, 0.3) is 0 Å². The molecule has 4 heteroatoms. The minimum absolute atomic E-state index is 0.616. The van der Waals surface area contributed by atoms with Gasteiger partial charge in [0.05, 0.1) is 12.3 Å². The summed E-state index contributed by atoms with van der Waals surface area (Å²) in [5, 5.41) is 4.57. The molecule has 2 rings (SSSR count). The molecule has 90 valence electrons. The lowest BCUT2D eigenvalue weighted by Gasteiger charge is -2.21. The fourth-order valence-corrected chi connectivity index (χ4v) is 3.43. The SMILES string of the molecule is CCNCC1CCCc2sc(COC)nc21. The molecule has 1 N–H and O–H groups in total. The quantitative estimate of drug-likeness (QED) is 0.857. The molecule has 1 aromatic rings. The van der Waals surface area contributed by atoms with Gasteiger partial charge in [0.1, 0.15) is 5.01 Å². The van der Waals surface area contributed by atoms with Crippen molar-refractivity contribution in [1.82, 2.24) is 10.3 Å². The summed E-state index contributed by atoms with van der Waals surface area (Å²) < 4.78 is 5.15. The van der Waals surface area contributed by atoms with E-state index in [1.165, 1.54) is 29.8 Å². The second-order valence-corrected chi connectivity index (χ2v) is 5.41. The fraction of sp³-hybridized carbons (Fsp3) is 0.750. The first-order valence-corrected chi connectivity index (χ1v) is 6.85. The summed E-state index contributed by atoms with van der Waals surface area (Å²) in [7, 11) is 1.73. The predicted molar refractivity (Wildman–Crippen MR) is 67.0 cm³/mol. The van der Waals surface area contributed by atoms with E-state index in [9.17, 15) is 0 Å². The number of aromatic nitrogens is 1. The Morgan fingerprint density at radius 2 is 2.44 bits per heavy atom. The number of hydrogen-bond acceptors (Lipinski definition) is 4. The molecule has 1 atom stereocenters. The Bertz CT molecular complexity index is 338. The lowest BCUT2D eigenvalue weighted by Crippen LogP contribution is -2.24. The maximum atomic E-state index is 5.15. The fourth-order valence-electron chi connectivity index (χ4n) is 2.26. The maximum Gasteiger partial charge on any atom is 0.119 e. The summed E-state index contributed by atoms with van der Waals surface area (Å²) in [5.74, 6) is 0.616. The molecule has 1 aromatic heterocycles. The third kappa shape index (κ3) is 2.62. The minimum Gasteiger partial charge on any atom is -0.378 e. The minimum atomic E-state index is 0.616. The van der Waals surface area contributed by atoms with E-state index in [4.69, 9.17) is 9.72 Å². The second-order valence-electron chi connectivity index (χ2n) is 4.25. The highest BCUT2D eigenvalue weighted by Crippen LogP contribution is 2.34. The Labute approximate surface area is 101 Å². The summed E-state index contributed by atoms with van der Waals surface area (Å²) in [5.41, 5.74) is 1.34. The van der Waals surface area contributed by atoms with Gasteiger partial charge in [0, 0.05) is 24.4 Å². The normalized spacial score (nSPS) is 19.8. The standard InChI is InChI=1S/C12H20N2OS/c1-3-13-7-9-5-4-6-10-12(9)14-11(16-10)8-15-2/h9,13H,3-8H2,1-2H3. The highest BCUT2D eigenvalue weighted by Gasteiger charge is 2.24. The highest BCUT2D eigenvalue weighted by atomic mass is 32.1. The van der Waals surface area contributed by atoms with Crippen molar-refractivity contribution < 1.29 is 4.74 Å². The monoisotopic (exact) mass is 240 g/mol. The van der Waals surface area contributed by atoms with Crippen LogP contribution in [0.5, 0.6) is 0 Å². The number of ether oxygens (including phenoxy) is 1. The molecule has 0 radical (unpaired) electrons. The van der Waals surface area contributed by atoms with Crippen LogP contribution in [-0.4, -0.2) is 25.2 Å². The van der Waals surface area contributed by atoms with Crippen LogP contribution in [0.4, 0.5) is 0 Å². The third-order valence-electron chi connectivity index (χ3n) is 3.02. The molecule has 3 nitrogen and oxygen atoms in total. The molecule has 0 spiro atoms. The van der Waals surface area contributed by atoms with Crippen LogP contribution in [0.3, 0.4) is 0 Å². The van der Waals surface area contributed by atoms with Crippen LogP contribution in [0.2, 0.25) is 0 Å². The smallest absolute Gasteiger partial charge is 0.119 e. The Morgan fingerprint density at radius 1 is 1.56 bits per heavy atom. The van der Waals surface area contributed by atoms with Gasteiger partial charge in [-0.1, -0.05) is 6.92 Å². The van der Waals surface area contributed by atoms with Crippen LogP contribution < -0.4 is 5.32 Å². The Hall–Kier alpha value is -0.450. The maximum absolute atomic E-state index is 5.15. The van der Waals surface area contributed by atoms with E-state index in [1.54, 1.807) is 7.11 Å². The zero-order valence-electron chi connectivity index (χ0n) is 10.1. The van der Waals surface area contributed by atoms with Gasteiger partial charge < -0.3 is 10.1 Å². The molecular formula is C12H20N2OS. The van der Waals surface area contributed by atoms with Gasteiger partial charge in [-0.25, -0.2) is 4.98 Å². The van der Waals surface area contributed by atoms with Gasteiger partial charge in [0.15, 0.2) is 0 Å². The van der Waals surface area contributed by atoms with Crippen molar-refractivity contribution in [2.45, 2.75) is 38.7 Å². The molecule has 0 aromatic carbocycles. The third-order valence-corrected chi connectivity index (χ3v) is 4.13. The molecule has 0 bridgehead atoms. The van der Waals surface area contributed by atoms with Gasteiger partial charge >= 0.3 is 0 Å². The first-order chi connectivity index (χ1) is 7.85. The molecule has 1 unspecified atom stereocenters. The number of nitrogens with one attached hydrogen (secondary N) is 1. The molecule has 0 fully saturated rings. The number of aryl methyl sites for hydroxylation is 1. The van der Waals surface area contributed by atoms with Crippen molar-refractivity contribution in [3.05, 3.63) is 15.6 Å². The number of methoxy groups -OCH3 is 1. The first-order valence-electron chi connectivity index (χ1n) is 6.03. The van der Waals surface area contributed by atoms with Crippen LogP contribution in [0.15, 0.2) is 0 Å². The molecule has 1 aliphatic rings. The van der Waals surface area contributed by atoms with E-state index >= 15 is 0 Å². The van der Waals surface area contributed by atoms with E-state index in [2.05, 4.69) is 12.2 Å². The van der Waals surface area contributed by atoms with Gasteiger partial charge in [-0.2, -0.15) is 0 Å². The van der Waals surface area contributed by atoms with E-state index < -0.39 is 0 Å². The van der Waals surface area contributed by atoms with Crippen LogP contribution in [0.1, 0.15) is 41.3 Å². The summed E-state index contributed by atoms with van der Waals surface area (Å²) in [6, 6.07) is 0. The van der Waals surface area contributed by atoms with Gasteiger partial charge in [-0.15, -0.1) is 11.3 Å². The van der Waals surface area contributed by atoms with Gasteiger partial charge in [-0.05, 0) is 25.8 Å². The van der Waals surface area contributed by atoms with E-state index in [1.807, 2.05) is 11.3 Å². The van der Waals surface area contributed by atoms with Crippen LogP contribution >= 0.6 is 11.3 Å². The summed E-state index contributed by atoms with van der Waals surface area (Å²) >= 11 is 1.83. The topological polar surface area (TPSA) is 34.1 Å². The lowest BCUT2D eigenvalue weighted by atomic mass is 9.91. The zero-order chi connectivity index (χ0) is 11.4. The number of fused-ring (bicyclic) bond motifs is 1.